The molecular weight excluding hydrogens is 244 g/mol. The van der Waals surface area contributed by atoms with Crippen molar-refractivity contribution in [3.05, 3.63) is 29.2 Å². The monoisotopic (exact) mass is 256 g/mol. The first-order chi connectivity index (χ1) is 7.67. The van der Waals surface area contributed by atoms with Gasteiger partial charge in [-0.05, 0) is 18.2 Å². The number of thioether (sulfide) groups is 1. The fourth-order valence-electron chi connectivity index (χ4n) is 1.58. The third-order valence-corrected chi connectivity index (χ3v) is 4.61. The van der Waals surface area contributed by atoms with Crippen molar-refractivity contribution in [3.8, 4) is 5.06 Å². The van der Waals surface area contributed by atoms with Gasteiger partial charge in [-0.25, -0.2) is 0 Å². The Morgan fingerprint density at radius 1 is 1.50 bits per heavy atom. The van der Waals surface area contributed by atoms with E-state index in [-0.39, 0.29) is 11.7 Å². The van der Waals surface area contributed by atoms with E-state index in [2.05, 4.69) is 0 Å². The van der Waals surface area contributed by atoms with E-state index in [0.717, 1.165) is 9.94 Å². The summed E-state index contributed by atoms with van der Waals surface area (Å²) in [6.45, 7) is -0.0277. The summed E-state index contributed by atoms with van der Waals surface area (Å²) in [6.07, 6.45) is 3.99. The highest BCUT2D eigenvalue weighted by Gasteiger charge is 2.35. The molecule has 1 N–H and O–H groups in total. The number of methoxy groups -OCH3 is 1. The van der Waals surface area contributed by atoms with Crippen LogP contribution in [0.15, 0.2) is 24.3 Å². The molecule has 1 aromatic rings. The fourth-order valence-corrected chi connectivity index (χ4v) is 3.58. The SMILES string of the molecule is COc1ccc(CC2(CO)C=CC(=O)S2)s1. The van der Waals surface area contributed by atoms with Crippen molar-refractivity contribution in [2.24, 2.45) is 0 Å². The quantitative estimate of drug-likeness (QED) is 0.893. The maximum Gasteiger partial charge on any atom is 0.212 e. The van der Waals surface area contributed by atoms with Gasteiger partial charge in [0.25, 0.3) is 0 Å². The summed E-state index contributed by atoms with van der Waals surface area (Å²) < 4.78 is 4.63. The predicted octanol–water partition coefficient (Wildman–Crippen LogP) is 1.86. The number of hydrogen-bond donors (Lipinski definition) is 1. The minimum atomic E-state index is -0.479. The van der Waals surface area contributed by atoms with Crippen LogP contribution in [0.3, 0.4) is 0 Å². The molecule has 0 bridgehead atoms. The number of ether oxygens (including phenoxy) is 1. The summed E-state index contributed by atoms with van der Waals surface area (Å²) in [5, 5.41) is 10.3. The van der Waals surface area contributed by atoms with Crippen LogP contribution in [0, 0.1) is 0 Å². The zero-order chi connectivity index (χ0) is 11.6. The molecular formula is C11H12O3S2. The third-order valence-electron chi connectivity index (χ3n) is 2.41. The molecule has 1 aliphatic rings. The van der Waals surface area contributed by atoms with Gasteiger partial charge in [0, 0.05) is 11.3 Å². The lowest BCUT2D eigenvalue weighted by molar-refractivity contribution is -0.106. The lowest BCUT2D eigenvalue weighted by Gasteiger charge is -2.21. The molecule has 0 saturated carbocycles. The highest BCUT2D eigenvalue weighted by molar-refractivity contribution is 8.15. The zero-order valence-electron chi connectivity index (χ0n) is 8.80. The number of carbonyl (C=O) groups is 1. The minimum absolute atomic E-state index is 0.0116. The Labute approximate surface area is 102 Å². The van der Waals surface area contributed by atoms with Gasteiger partial charge in [0.2, 0.25) is 5.12 Å². The molecule has 1 atom stereocenters. The highest BCUT2D eigenvalue weighted by atomic mass is 32.2. The van der Waals surface area contributed by atoms with Crippen LogP contribution in [-0.2, 0) is 11.2 Å². The van der Waals surface area contributed by atoms with Crippen LogP contribution in [0.4, 0.5) is 0 Å². The molecule has 16 heavy (non-hydrogen) atoms. The van der Waals surface area contributed by atoms with Crippen LogP contribution in [0.5, 0.6) is 5.06 Å². The number of carbonyl (C=O) groups excluding carboxylic acids is 1. The van der Waals surface area contributed by atoms with Crippen LogP contribution < -0.4 is 4.74 Å². The first kappa shape index (κ1) is 11.7. The van der Waals surface area contributed by atoms with Crippen molar-refractivity contribution in [3.63, 3.8) is 0 Å². The normalized spacial score (nSPS) is 24.0. The molecule has 0 saturated heterocycles. The van der Waals surface area contributed by atoms with Crippen LogP contribution in [0.2, 0.25) is 0 Å². The lowest BCUT2D eigenvalue weighted by atomic mass is 10.0. The number of aliphatic hydroxyl groups is 1. The Kier molecular flexibility index (Phi) is 3.37. The zero-order valence-corrected chi connectivity index (χ0v) is 10.4. The maximum atomic E-state index is 11.2. The second-order valence-corrected chi connectivity index (χ2v) is 6.13. The van der Waals surface area contributed by atoms with E-state index in [1.807, 2.05) is 12.1 Å². The maximum absolute atomic E-state index is 11.2. The Morgan fingerprint density at radius 2 is 2.31 bits per heavy atom. The molecule has 0 aromatic carbocycles. The standard InChI is InChI=1S/C11H12O3S2/c1-14-10-3-2-8(15-10)6-11(7-12)5-4-9(13)16-11/h2-5,12H,6-7H2,1H3. The summed E-state index contributed by atoms with van der Waals surface area (Å²) in [5.41, 5.74) is 0. The fraction of sp³-hybridized carbons (Fsp3) is 0.364. The van der Waals surface area contributed by atoms with Crippen molar-refractivity contribution in [1.29, 1.82) is 0 Å². The van der Waals surface area contributed by atoms with Gasteiger partial charge in [-0.2, -0.15) is 0 Å². The van der Waals surface area contributed by atoms with E-state index in [0.29, 0.717) is 6.42 Å². The van der Waals surface area contributed by atoms with Gasteiger partial charge >= 0.3 is 0 Å². The molecule has 0 spiro atoms. The molecule has 2 rings (SSSR count). The van der Waals surface area contributed by atoms with Crippen molar-refractivity contribution in [1.82, 2.24) is 0 Å². The van der Waals surface area contributed by atoms with Gasteiger partial charge in [-0.15, -0.1) is 11.3 Å². The van der Waals surface area contributed by atoms with Gasteiger partial charge in [0.1, 0.15) is 0 Å². The molecule has 0 amide bonds. The molecule has 0 fully saturated rings. The molecule has 3 nitrogen and oxygen atoms in total. The molecule has 86 valence electrons. The molecule has 2 heterocycles. The second kappa shape index (κ2) is 4.61. The smallest absolute Gasteiger partial charge is 0.212 e. The van der Waals surface area contributed by atoms with Gasteiger partial charge in [0.15, 0.2) is 5.06 Å². The number of hydrogen-bond acceptors (Lipinski definition) is 5. The van der Waals surface area contributed by atoms with Crippen molar-refractivity contribution >= 4 is 28.2 Å². The molecule has 0 aliphatic carbocycles. The first-order valence-electron chi connectivity index (χ1n) is 4.83. The number of aliphatic hydroxyl groups excluding tert-OH is 1. The van der Waals surface area contributed by atoms with Gasteiger partial charge in [0.05, 0.1) is 18.5 Å². The Balaban J connectivity index is 2.13. The summed E-state index contributed by atoms with van der Waals surface area (Å²) in [4.78, 5) is 12.3. The predicted molar refractivity (Wildman–Crippen MR) is 66.1 cm³/mol. The first-order valence-corrected chi connectivity index (χ1v) is 6.46. The molecule has 1 aromatic heterocycles. The third kappa shape index (κ3) is 2.31. The van der Waals surface area contributed by atoms with E-state index in [1.54, 1.807) is 24.5 Å². The lowest BCUT2D eigenvalue weighted by Crippen LogP contribution is -2.27. The van der Waals surface area contributed by atoms with Crippen LogP contribution in [-0.4, -0.2) is 28.7 Å². The Morgan fingerprint density at radius 3 is 2.81 bits per heavy atom. The van der Waals surface area contributed by atoms with Crippen molar-refractivity contribution in [2.45, 2.75) is 11.2 Å². The topological polar surface area (TPSA) is 46.5 Å². The summed E-state index contributed by atoms with van der Waals surface area (Å²) in [5.74, 6) is 0. The Hall–Kier alpha value is -0.780. The second-order valence-electron chi connectivity index (χ2n) is 3.58. The van der Waals surface area contributed by atoms with Crippen LogP contribution >= 0.6 is 23.1 Å². The van der Waals surface area contributed by atoms with Crippen LogP contribution in [0.1, 0.15) is 4.88 Å². The summed E-state index contributed by atoms with van der Waals surface area (Å²) in [6, 6.07) is 3.87. The van der Waals surface area contributed by atoms with E-state index in [4.69, 9.17) is 4.74 Å². The summed E-state index contributed by atoms with van der Waals surface area (Å²) >= 11 is 2.73. The molecule has 5 heteroatoms. The average Bonchev–Trinajstić information content (AvgIpc) is 2.87. The van der Waals surface area contributed by atoms with E-state index >= 15 is 0 Å². The van der Waals surface area contributed by atoms with Crippen molar-refractivity contribution < 1.29 is 14.6 Å². The van der Waals surface area contributed by atoms with Crippen LogP contribution in [0.25, 0.3) is 0 Å². The molecule has 1 unspecified atom stereocenters. The number of thiophene rings is 1. The van der Waals surface area contributed by atoms with Gasteiger partial charge in [-0.3, -0.25) is 4.79 Å². The van der Waals surface area contributed by atoms with Crippen molar-refractivity contribution in [2.75, 3.05) is 13.7 Å². The summed E-state index contributed by atoms with van der Waals surface area (Å²) in [7, 11) is 1.63. The largest absolute Gasteiger partial charge is 0.487 e. The Bertz CT molecular complexity index is 425. The molecule has 0 radical (unpaired) electrons. The van der Waals surface area contributed by atoms with E-state index in [9.17, 15) is 9.90 Å². The average molecular weight is 256 g/mol. The van der Waals surface area contributed by atoms with Gasteiger partial charge in [-0.1, -0.05) is 17.8 Å². The highest BCUT2D eigenvalue weighted by Crippen LogP contribution is 2.38. The van der Waals surface area contributed by atoms with E-state index < -0.39 is 4.75 Å². The number of rotatable bonds is 4. The van der Waals surface area contributed by atoms with Gasteiger partial charge < -0.3 is 9.84 Å². The minimum Gasteiger partial charge on any atom is -0.487 e. The van der Waals surface area contributed by atoms with E-state index in [1.165, 1.54) is 17.8 Å². The molecule has 1 aliphatic heterocycles.